The maximum Gasteiger partial charge on any atom is 0.152 e. The number of hydrogen-bond donors (Lipinski definition) is 1. The van der Waals surface area contributed by atoms with Crippen molar-refractivity contribution in [3.63, 3.8) is 0 Å². The molecule has 0 unspecified atom stereocenters. The van der Waals surface area contributed by atoms with E-state index in [0.717, 1.165) is 34.3 Å². The lowest BCUT2D eigenvalue weighted by molar-refractivity contribution is 0.0831. The van der Waals surface area contributed by atoms with E-state index in [1.165, 1.54) is 5.56 Å². The van der Waals surface area contributed by atoms with Gasteiger partial charge in [0, 0.05) is 11.9 Å². The molecule has 96 valence electrons. The molecule has 5 heteroatoms. The van der Waals surface area contributed by atoms with Crippen LogP contribution in [-0.2, 0) is 17.9 Å². The number of nitrogens with zero attached hydrogens (tertiary/aromatic N) is 3. The van der Waals surface area contributed by atoms with Crippen molar-refractivity contribution in [2.45, 2.75) is 20.1 Å². The van der Waals surface area contributed by atoms with Crippen LogP contribution >= 0.6 is 0 Å². The van der Waals surface area contributed by atoms with E-state index < -0.39 is 0 Å². The predicted octanol–water partition coefficient (Wildman–Crippen LogP) is 2.01. The second-order valence-corrected chi connectivity index (χ2v) is 4.90. The van der Waals surface area contributed by atoms with Crippen LogP contribution in [0.25, 0.3) is 21.9 Å². The molecule has 19 heavy (non-hydrogen) atoms. The number of hydrogen-bond acceptors (Lipinski definition) is 4. The lowest BCUT2D eigenvalue weighted by Crippen LogP contribution is -2.16. The number of rotatable bonds is 0. The third kappa shape index (κ3) is 1.39. The van der Waals surface area contributed by atoms with Crippen molar-refractivity contribution >= 4 is 27.8 Å². The number of nitrogens with two attached hydrogens (primary N) is 1. The first-order valence-corrected chi connectivity index (χ1v) is 6.37. The smallest absolute Gasteiger partial charge is 0.152 e. The van der Waals surface area contributed by atoms with E-state index in [1.807, 2.05) is 12.1 Å². The van der Waals surface area contributed by atoms with E-state index in [0.29, 0.717) is 19.0 Å². The molecule has 0 saturated heterocycles. The molecular formula is C14H14N4O. The first-order valence-electron chi connectivity index (χ1n) is 6.37. The monoisotopic (exact) mass is 254 g/mol. The number of ether oxygens (including phenoxy) is 1. The molecule has 5 nitrogen and oxygen atoms in total. The Morgan fingerprint density at radius 3 is 3.11 bits per heavy atom. The topological polar surface area (TPSA) is 66.0 Å². The molecule has 0 bridgehead atoms. The number of aryl methyl sites for hydroxylation is 1. The number of benzene rings is 1. The summed E-state index contributed by atoms with van der Waals surface area (Å²) in [4.78, 5) is 9.06. The van der Waals surface area contributed by atoms with Crippen molar-refractivity contribution < 1.29 is 4.74 Å². The van der Waals surface area contributed by atoms with E-state index in [2.05, 4.69) is 27.5 Å². The van der Waals surface area contributed by atoms with Crippen molar-refractivity contribution in [2.24, 2.45) is 0 Å². The Hall–Kier alpha value is -2.14. The third-order valence-corrected chi connectivity index (χ3v) is 3.71. The molecule has 2 aromatic heterocycles. The van der Waals surface area contributed by atoms with Crippen LogP contribution in [0, 0.1) is 6.92 Å². The molecule has 4 rings (SSSR count). The van der Waals surface area contributed by atoms with Gasteiger partial charge in [-0.05, 0) is 18.6 Å². The second kappa shape index (κ2) is 3.68. The van der Waals surface area contributed by atoms with E-state index in [-0.39, 0.29) is 0 Å². The van der Waals surface area contributed by atoms with Crippen molar-refractivity contribution in [1.82, 2.24) is 14.5 Å². The van der Waals surface area contributed by atoms with E-state index in [4.69, 9.17) is 10.5 Å². The summed E-state index contributed by atoms with van der Waals surface area (Å²) in [6.07, 6.45) is 0. The van der Waals surface area contributed by atoms with Gasteiger partial charge in [0.2, 0.25) is 0 Å². The van der Waals surface area contributed by atoms with E-state index in [9.17, 15) is 0 Å². The molecule has 0 amide bonds. The minimum absolute atomic E-state index is 0.495. The quantitative estimate of drug-likeness (QED) is 0.666. The van der Waals surface area contributed by atoms with Crippen LogP contribution in [0.15, 0.2) is 18.2 Å². The Kier molecular flexibility index (Phi) is 2.08. The number of pyridine rings is 1. The van der Waals surface area contributed by atoms with Crippen LogP contribution in [-0.4, -0.2) is 21.1 Å². The van der Waals surface area contributed by atoms with Crippen molar-refractivity contribution in [2.75, 3.05) is 12.3 Å². The minimum Gasteiger partial charge on any atom is -0.382 e. The number of fused-ring (bicyclic) bond motifs is 5. The van der Waals surface area contributed by atoms with Gasteiger partial charge < -0.3 is 15.0 Å². The van der Waals surface area contributed by atoms with Crippen LogP contribution in [0.5, 0.6) is 0 Å². The molecule has 1 aliphatic heterocycles. The summed E-state index contributed by atoms with van der Waals surface area (Å²) >= 11 is 0. The highest BCUT2D eigenvalue weighted by atomic mass is 16.5. The average Bonchev–Trinajstić information content (AvgIpc) is 2.79. The third-order valence-electron chi connectivity index (χ3n) is 3.71. The summed E-state index contributed by atoms with van der Waals surface area (Å²) in [7, 11) is 0. The van der Waals surface area contributed by atoms with Crippen molar-refractivity contribution in [3.8, 4) is 0 Å². The fraction of sp³-hybridized carbons (Fsp3) is 0.286. The highest BCUT2D eigenvalue weighted by molar-refractivity contribution is 6.08. The molecule has 1 aliphatic rings. The Morgan fingerprint density at radius 1 is 1.32 bits per heavy atom. The van der Waals surface area contributed by atoms with E-state index >= 15 is 0 Å². The van der Waals surface area contributed by atoms with Gasteiger partial charge in [-0.1, -0.05) is 12.1 Å². The molecule has 1 aromatic carbocycles. The lowest BCUT2D eigenvalue weighted by atomic mass is 10.1. The molecule has 0 radical (unpaired) electrons. The van der Waals surface area contributed by atoms with Gasteiger partial charge in [0.1, 0.15) is 17.9 Å². The zero-order valence-electron chi connectivity index (χ0n) is 10.7. The highest BCUT2D eigenvalue weighted by Gasteiger charge is 2.20. The maximum atomic E-state index is 6.06. The van der Waals surface area contributed by atoms with Crippen LogP contribution in [0.4, 0.5) is 5.82 Å². The normalized spacial score (nSPS) is 15.0. The zero-order valence-corrected chi connectivity index (χ0v) is 10.7. The van der Waals surface area contributed by atoms with E-state index in [1.54, 1.807) is 0 Å². The summed E-state index contributed by atoms with van der Waals surface area (Å²) in [5.41, 5.74) is 10.1. The maximum absolute atomic E-state index is 6.06. The first kappa shape index (κ1) is 10.8. The Balaban J connectivity index is 2.27. The van der Waals surface area contributed by atoms with Gasteiger partial charge in [-0.2, -0.15) is 0 Å². The lowest BCUT2D eigenvalue weighted by Gasteiger charge is -2.16. The molecular weight excluding hydrogens is 240 g/mol. The molecule has 0 atom stereocenters. The molecule has 0 saturated carbocycles. The van der Waals surface area contributed by atoms with Gasteiger partial charge in [0.25, 0.3) is 0 Å². The highest BCUT2D eigenvalue weighted by Crippen LogP contribution is 2.31. The van der Waals surface area contributed by atoms with Gasteiger partial charge in [0.15, 0.2) is 5.82 Å². The summed E-state index contributed by atoms with van der Waals surface area (Å²) in [5.74, 6) is 1.43. The number of anilines is 1. The standard InChI is InChI=1S/C14H14N4O/c1-8-3-2-4-9-11(8)13-12(14(15)16-9)17-10-7-19-6-5-18(10)13/h2-4H,5-7H2,1H3,(H2,15,16). The summed E-state index contributed by atoms with van der Waals surface area (Å²) < 4.78 is 7.68. The van der Waals surface area contributed by atoms with Crippen LogP contribution in [0.3, 0.4) is 0 Å². The van der Waals surface area contributed by atoms with Crippen LogP contribution < -0.4 is 5.73 Å². The molecule has 3 aromatic rings. The fourth-order valence-corrected chi connectivity index (χ4v) is 2.84. The number of imidazole rings is 1. The average molecular weight is 254 g/mol. The molecule has 3 heterocycles. The number of aromatic nitrogens is 3. The molecule has 2 N–H and O–H groups in total. The van der Waals surface area contributed by atoms with Crippen LogP contribution in [0.1, 0.15) is 11.4 Å². The largest absolute Gasteiger partial charge is 0.382 e. The van der Waals surface area contributed by atoms with Gasteiger partial charge >= 0.3 is 0 Å². The van der Waals surface area contributed by atoms with Gasteiger partial charge in [-0.3, -0.25) is 0 Å². The predicted molar refractivity (Wildman–Crippen MR) is 73.8 cm³/mol. The second-order valence-electron chi connectivity index (χ2n) is 4.90. The Morgan fingerprint density at radius 2 is 2.21 bits per heavy atom. The fourth-order valence-electron chi connectivity index (χ4n) is 2.84. The first-order chi connectivity index (χ1) is 9.25. The van der Waals surface area contributed by atoms with Crippen molar-refractivity contribution in [1.29, 1.82) is 0 Å². The summed E-state index contributed by atoms with van der Waals surface area (Å²) in [6.45, 7) is 4.17. The Bertz CT molecular complexity index is 806. The molecule has 0 aliphatic carbocycles. The molecule has 0 fully saturated rings. The van der Waals surface area contributed by atoms with Crippen LogP contribution in [0.2, 0.25) is 0 Å². The SMILES string of the molecule is Cc1cccc2nc(N)c3nc4n(c3c12)CCOC4. The summed E-state index contributed by atoms with van der Waals surface area (Å²) in [5, 5.41) is 1.15. The molecule has 0 spiro atoms. The van der Waals surface area contributed by atoms with Crippen molar-refractivity contribution in [3.05, 3.63) is 29.6 Å². The van der Waals surface area contributed by atoms with Gasteiger partial charge in [0.05, 0.1) is 17.6 Å². The number of nitrogen functional groups attached to an aromatic ring is 1. The Labute approximate surface area is 110 Å². The van der Waals surface area contributed by atoms with Gasteiger partial charge in [-0.25, -0.2) is 9.97 Å². The minimum atomic E-state index is 0.495. The van der Waals surface area contributed by atoms with Gasteiger partial charge in [-0.15, -0.1) is 0 Å². The summed E-state index contributed by atoms with van der Waals surface area (Å²) in [6, 6.07) is 6.10. The zero-order chi connectivity index (χ0) is 13.0.